The van der Waals surface area contributed by atoms with E-state index in [4.69, 9.17) is 5.73 Å². The van der Waals surface area contributed by atoms with Crippen LogP contribution in [-0.4, -0.2) is 12.1 Å². The highest BCUT2D eigenvalue weighted by Gasteiger charge is 2.65. The van der Waals surface area contributed by atoms with Crippen molar-refractivity contribution >= 4 is 6.03 Å². The first-order valence-corrected chi connectivity index (χ1v) is 3.86. The molecule has 0 radical (unpaired) electrons. The highest BCUT2D eigenvalue weighted by Crippen LogP contribution is 2.62. The summed E-state index contributed by atoms with van der Waals surface area (Å²) >= 11 is 0. The van der Waals surface area contributed by atoms with Crippen LogP contribution in [0.25, 0.3) is 0 Å². The highest BCUT2D eigenvalue weighted by molar-refractivity contribution is 5.73. The third-order valence-corrected chi connectivity index (χ3v) is 3.31. The van der Waals surface area contributed by atoms with Crippen LogP contribution in [0, 0.1) is 10.8 Å². The van der Waals surface area contributed by atoms with Crippen molar-refractivity contribution in [2.24, 2.45) is 16.6 Å². The van der Waals surface area contributed by atoms with Gasteiger partial charge in [-0.25, -0.2) is 4.79 Å². The Hall–Kier alpha value is -0.730. The molecule has 0 aromatic rings. The number of urea groups is 1. The van der Waals surface area contributed by atoms with Crippen molar-refractivity contribution in [3.63, 3.8) is 0 Å². The van der Waals surface area contributed by atoms with Crippen LogP contribution in [0.15, 0.2) is 0 Å². The normalized spacial score (nSPS) is 26.2. The monoisotopic (exact) mass is 156 g/mol. The molecule has 0 atom stereocenters. The molecular weight excluding hydrogens is 140 g/mol. The fourth-order valence-electron chi connectivity index (χ4n) is 1.70. The lowest BCUT2D eigenvalue weighted by Crippen LogP contribution is -2.34. The molecule has 0 saturated heterocycles. The summed E-state index contributed by atoms with van der Waals surface area (Å²) in [6.45, 7) is 8.53. The van der Waals surface area contributed by atoms with Crippen LogP contribution in [0.1, 0.15) is 27.7 Å². The van der Waals surface area contributed by atoms with Gasteiger partial charge < -0.3 is 11.1 Å². The molecule has 0 unspecified atom stereocenters. The van der Waals surface area contributed by atoms with Crippen LogP contribution < -0.4 is 11.1 Å². The van der Waals surface area contributed by atoms with E-state index in [1.165, 1.54) is 0 Å². The predicted molar refractivity (Wildman–Crippen MR) is 44.1 cm³/mol. The largest absolute Gasteiger partial charge is 0.352 e. The zero-order chi connectivity index (χ0) is 8.86. The number of rotatable bonds is 1. The topological polar surface area (TPSA) is 55.1 Å². The van der Waals surface area contributed by atoms with Gasteiger partial charge in [0.1, 0.15) is 0 Å². The smallest absolute Gasteiger partial charge is 0.312 e. The van der Waals surface area contributed by atoms with Gasteiger partial charge >= 0.3 is 6.03 Å². The SMILES string of the molecule is CC1(C)C(NC(N)=O)C1(C)C. The number of hydrogen-bond donors (Lipinski definition) is 2. The predicted octanol–water partition coefficient (Wildman–Crippen LogP) is 1.09. The van der Waals surface area contributed by atoms with Gasteiger partial charge in [-0.15, -0.1) is 0 Å². The Bertz CT molecular complexity index is 182. The molecule has 0 spiro atoms. The molecule has 0 heterocycles. The van der Waals surface area contributed by atoms with Crippen molar-refractivity contribution in [3.8, 4) is 0 Å². The maximum Gasteiger partial charge on any atom is 0.312 e. The van der Waals surface area contributed by atoms with Crippen molar-refractivity contribution in [1.29, 1.82) is 0 Å². The fraction of sp³-hybridized carbons (Fsp3) is 0.875. The minimum atomic E-state index is -0.423. The van der Waals surface area contributed by atoms with E-state index in [1.54, 1.807) is 0 Å². The van der Waals surface area contributed by atoms with Crippen LogP contribution in [0.5, 0.6) is 0 Å². The third kappa shape index (κ3) is 0.988. The van der Waals surface area contributed by atoms with Gasteiger partial charge in [-0.1, -0.05) is 27.7 Å². The van der Waals surface area contributed by atoms with Gasteiger partial charge in [-0.05, 0) is 10.8 Å². The second-order valence-corrected chi connectivity index (χ2v) is 4.38. The van der Waals surface area contributed by atoms with E-state index in [-0.39, 0.29) is 16.9 Å². The van der Waals surface area contributed by atoms with Gasteiger partial charge in [0.25, 0.3) is 0 Å². The summed E-state index contributed by atoms with van der Waals surface area (Å²) in [6, 6.07) is -0.193. The van der Waals surface area contributed by atoms with E-state index in [2.05, 4.69) is 33.0 Å². The van der Waals surface area contributed by atoms with Crippen LogP contribution in [-0.2, 0) is 0 Å². The minimum Gasteiger partial charge on any atom is -0.352 e. The Morgan fingerprint density at radius 1 is 1.27 bits per heavy atom. The van der Waals surface area contributed by atoms with Gasteiger partial charge in [0.05, 0.1) is 0 Å². The summed E-state index contributed by atoms with van der Waals surface area (Å²) in [7, 11) is 0. The zero-order valence-electron chi connectivity index (χ0n) is 7.56. The van der Waals surface area contributed by atoms with Crippen molar-refractivity contribution in [3.05, 3.63) is 0 Å². The Balaban J connectivity index is 2.61. The summed E-state index contributed by atoms with van der Waals surface area (Å²) < 4.78 is 0. The second-order valence-electron chi connectivity index (χ2n) is 4.38. The van der Waals surface area contributed by atoms with Gasteiger partial charge in [-0.3, -0.25) is 0 Å². The molecule has 0 aromatic heterocycles. The van der Waals surface area contributed by atoms with Gasteiger partial charge in [-0.2, -0.15) is 0 Å². The molecule has 1 aliphatic rings. The maximum absolute atomic E-state index is 10.5. The molecule has 0 bridgehead atoms. The zero-order valence-corrected chi connectivity index (χ0v) is 7.56. The van der Waals surface area contributed by atoms with Crippen LogP contribution in [0.2, 0.25) is 0 Å². The third-order valence-electron chi connectivity index (χ3n) is 3.31. The Kier molecular flexibility index (Phi) is 1.44. The highest BCUT2D eigenvalue weighted by atomic mass is 16.2. The number of carbonyl (C=O) groups is 1. The van der Waals surface area contributed by atoms with Gasteiger partial charge in [0.2, 0.25) is 0 Å². The van der Waals surface area contributed by atoms with Crippen LogP contribution in [0.3, 0.4) is 0 Å². The average Bonchev–Trinajstić information content (AvgIpc) is 2.11. The van der Waals surface area contributed by atoms with Crippen molar-refractivity contribution < 1.29 is 4.79 Å². The summed E-state index contributed by atoms with van der Waals surface area (Å²) in [5.41, 5.74) is 5.39. The summed E-state index contributed by atoms with van der Waals surface area (Å²) in [6.07, 6.45) is 0. The number of hydrogen-bond acceptors (Lipinski definition) is 1. The molecule has 2 amide bonds. The molecule has 0 aliphatic heterocycles. The molecular formula is C8H16N2O. The molecule has 11 heavy (non-hydrogen) atoms. The lowest BCUT2D eigenvalue weighted by atomic mass is 10.0. The minimum absolute atomic E-state index is 0.183. The van der Waals surface area contributed by atoms with Crippen LogP contribution >= 0.6 is 0 Å². The Labute approximate surface area is 67.3 Å². The molecule has 1 aliphatic carbocycles. The van der Waals surface area contributed by atoms with E-state index in [9.17, 15) is 4.79 Å². The van der Waals surface area contributed by atoms with Crippen LogP contribution in [0.4, 0.5) is 4.79 Å². The lowest BCUT2D eigenvalue weighted by Gasteiger charge is -2.02. The number of primary amides is 1. The average molecular weight is 156 g/mol. The number of nitrogens with one attached hydrogen (secondary N) is 1. The molecule has 1 rings (SSSR count). The van der Waals surface area contributed by atoms with E-state index in [0.29, 0.717) is 0 Å². The summed E-state index contributed by atoms with van der Waals surface area (Å²) in [5, 5.41) is 2.74. The van der Waals surface area contributed by atoms with E-state index < -0.39 is 6.03 Å². The van der Waals surface area contributed by atoms with Crippen molar-refractivity contribution in [2.75, 3.05) is 0 Å². The van der Waals surface area contributed by atoms with Crippen molar-refractivity contribution in [2.45, 2.75) is 33.7 Å². The molecule has 1 saturated carbocycles. The van der Waals surface area contributed by atoms with Gasteiger partial charge in [0.15, 0.2) is 0 Å². The fourth-order valence-corrected chi connectivity index (χ4v) is 1.70. The lowest BCUT2D eigenvalue weighted by molar-refractivity contribution is 0.247. The summed E-state index contributed by atoms with van der Waals surface area (Å²) in [4.78, 5) is 10.5. The van der Waals surface area contributed by atoms with E-state index >= 15 is 0 Å². The molecule has 0 aromatic carbocycles. The maximum atomic E-state index is 10.5. The Morgan fingerprint density at radius 2 is 1.64 bits per heavy atom. The van der Waals surface area contributed by atoms with E-state index in [0.717, 1.165) is 0 Å². The first-order chi connectivity index (χ1) is 4.80. The van der Waals surface area contributed by atoms with Gasteiger partial charge in [0, 0.05) is 6.04 Å². The molecule has 64 valence electrons. The van der Waals surface area contributed by atoms with E-state index in [1.807, 2.05) is 0 Å². The number of carbonyl (C=O) groups excluding carboxylic acids is 1. The quantitative estimate of drug-likeness (QED) is 0.586. The van der Waals surface area contributed by atoms with Crippen molar-refractivity contribution in [1.82, 2.24) is 5.32 Å². The Morgan fingerprint density at radius 3 is 1.73 bits per heavy atom. The molecule has 1 fully saturated rings. The first-order valence-electron chi connectivity index (χ1n) is 3.86. The molecule has 3 N–H and O–H groups in total. The molecule has 3 heteroatoms. The standard InChI is InChI=1S/C8H16N2O/c1-7(2)5(8(7,3)4)10-6(9)11/h5H,1-4H3,(H3,9,10,11). The summed E-state index contributed by atoms with van der Waals surface area (Å²) in [5.74, 6) is 0. The number of amides is 2. The second kappa shape index (κ2) is 1.90. The number of nitrogens with two attached hydrogens (primary N) is 1. The first kappa shape index (κ1) is 8.37. The molecule has 3 nitrogen and oxygen atoms in total.